The van der Waals surface area contributed by atoms with Crippen LogP contribution in [0, 0.1) is 6.67 Å². The molecular formula is C4H3F3N2. The molecule has 0 aliphatic carbocycles. The van der Waals surface area contributed by atoms with Crippen LogP contribution in [0.25, 0.3) is 0 Å². The van der Waals surface area contributed by atoms with Crippen molar-refractivity contribution in [1.82, 2.24) is 5.32 Å². The van der Waals surface area contributed by atoms with E-state index in [0.29, 0.717) is 0 Å². The van der Waals surface area contributed by atoms with E-state index in [9.17, 15) is 13.2 Å². The van der Waals surface area contributed by atoms with E-state index in [-0.39, 0.29) is 6.54 Å². The monoisotopic (exact) mass is 136 g/mol. The molecule has 0 unspecified atom stereocenters. The fraction of sp³-hybridized carbons (Fsp3) is 0.500. The van der Waals surface area contributed by atoms with Crippen LogP contribution in [0.2, 0.25) is 0 Å². The van der Waals surface area contributed by atoms with Crippen LogP contribution in [-0.4, -0.2) is 18.4 Å². The number of rotatable bonds is 0. The van der Waals surface area contributed by atoms with Gasteiger partial charge in [0.25, 0.3) is 0 Å². The molecule has 0 saturated carbocycles. The van der Waals surface area contributed by atoms with Crippen molar-refractivity contribution in [2.75, 3.05) is 6.54 Å². The van der Waals surface area contributed by atoms with Gasteiger partial charge in [-0.15, -0.1) is 0 Å². The summed E-state index contributed by atoms with van der Waals surface area (Å²) in [4.78, 5) is 2.94. The number of hydrogen-bond acceptors (Lipinski definition) is 2. The van der Waals surface area contributed by atoms with Crippen molar-refractivity contribution < 1.29 is 13.2 Å². The van der Waals surface area contributed by atoms with Gasteiger partial charge in [0.15, 0.2) is 6.67 Å². The van der Waals surface area contributed by atoms with Gasteiger partial charge in [0, 0.05) is 6.54 Å². The van der Waals surface area contributed by atoms with Gasteiger partial charge in [-0.25, -0.2) is 0 Å². The predicted octanol–water partition coefficient (Wildman–Crippen LogP) is 0.589. The summed E-state index contributed by atoms with van der Waals surface area (Å²) in [6, 6.07) is 0. The normalized spacial score (nSPS) is 20.1. The van der Waals surface area contributed by atoms with Gasteiger partial charge in [-0.1, -0.05) is 0 Å². The average molecular weight is 136 g/mol. The van der Waals surface area contributed by atoms with Crippen LogP contribution in [0.15, 0.2) is 4.99 Å². The summed E-state index contributed by atoms with van der Waals surface area (Å²) in [5, 5.41) is 2.21. The minimum Gasteiger partial charge on any atom is -0.281 e. The highest BCUT2D eigenvalue weighted by Crippen LogP contribution is 2.18. The van der Waals surface area contributed by atoms with Crippen molar-refractivity contribution in [2.24, 2.45) is 4.99 Å². The summed E-state index contributed by atoms with van der Waals surface area (Å²) in [7, 11) is 0. The molecule has 0 amide bonds. The second-order valence-electron chi connectivity index (χ2n) is 1.52. The SMILES string of the molecule is FC(F)(F)C1=N[C]NC1. The van der Waals surface area contributed by atoms with E-state index in [1.165, 1.54) is 0 Å². The second-order valence-corrected chi connectivity index (χ2v) is 1.52. The summed E-state index contributed by atoms with van der Waals surface area (Å²) in [5.41, 5.74) is -0.817. The Bertz CT molecular complexity index is 137. The maximum atomic E-state index is 11.5. The first-order valence-corrected chi connectivity index (χ1v) is 2.22. The van der Waals surface area contributed by atoms with Gasteiger partial charge in [0.05, 0.1) is 0 Å². The minimum atomic E-state index is -4.30. The van der Waals surface area contributed by atoms with Crippen LogP contribution in [0.4, 0.5) is 13.2 Å². The summed E-state index contributed by atoms with van der Waals surface area (Å²) in [5.74, 6) is 0. The summed E-state index contributed by atoms with van der Waals surface area (Å²) in [6.07, 6.45) is -4.30. The Morgan fingerprint density at radius 3 is 2.44 bits per heavy atom. The van der Waals surface area contributed by atoms with E-state index in [1.54, 1.807) is 0 Å². The Hall–Kier alpha value is -0.580. The van der Waals surface area contributed by atoms with E-state index in [2.05, 4.69) is 10.3 Å². The zero-order chi connectivity index (χ0) is 6.91. The highest BCUT2D eigenvalue weighted by Gasteiger charge is 2.36. The lowest BCUT2D eigenvalue weighted by Gasteiger charge is -2.02. The summed E-state index contributed by atoms with van der Waals surface area (Å²) >= 11 is 0. The maximum Gasteiger partial charge on any atom is 0.430 e. The van der Waals surface area contributed by atoms with E-state index >= 15 is 0 Å². The zero-order valence-electron chi connectivity index (χ0n) is 4.29. The standard InChI is InChI=1S/C4H3F3N2/c5-4(6,7)3-1-8-2-9-3/h8H,1H2. The smallest absolute Gasteiger partial charge is 0.281 e. The predicted molar refractivity (Wildman–Crippen MR) is 24.7 cm³/mol. The molecule has 1 rings (SSSR count). The lowest BCUT2D eigenvalue weighted by Crippen LogP contribution is -2.27. The fourth-order valence-electron chi connectivity index (χ4n) is 0.433. The van der Waals surface area contributed by atoms with E-state index in [4.69, 9.17) is 0 Å². The Balaban J connectivity index is 2.61. The number of hydrogen-bond donors (Lipinski definition) is 1. The van der Waals surface area contributed by atoms with Crippen LogP contribution < -0.4 is 5.32 Å². The lowest BCUT2D eigenvalue weighted by atomic mass is 10.4. The number of halogens is 3. The molecule has 50 valence electrons. The number of nitrogens with zero attached hydrogens (tertiary/aromatic N) is 1. The molecule has 0 bridgehead atoms. The molecule has 0 saturated heterocycles. The van der Waals surface area contributed by atoms with Crippen molar-refractivity contribution in [3.8, 4) is 0 Å². The molecule has 0 spiro atoms. The summed E-state index contributed by atoms with van der Waals surface area (Å²) in [6.45, 7) is 1.74. The molecule has 0 atom stereocenters. The Labute approximate surface area is 49.8 Å². The molecule has 0 aromatic carbocycles. The highest BCUT2D eigenvalue weighted by molar-refractivity contribution is 5.93. The highest BCUT2D eigenvalue weighted by atomic mass is 19.4. The molecule has 1 N–H and O–H groups in total. The molecule has 2 nitrogen and oxygen atoms in total. The molecular weight excluding hydrogens is 133 g/mol. The molecule has 0 fully saturated rings. The van der Waals surface area contributed by atoms with E-state index in [0.717, 1.165) is 0 Å². The third-order valence-electron chi connectivity index (χ3n) is 0.853. The topological polar surface area (TPSA) is 24.4 Å². The molecule has 1 aliphatic rings. The van der Waals surface area contributed by atoms with Gasteiger partial charge < -0.3 is 0 Å². The molecule has 0 aromatic heterocycles. The number of nitrogens with one attached hydrogen (secondary N) is 1. The van der Waals surface area contributed by atoms with Crippen LogP contribution in [-0.2, 0) is 0 Å². The average Bonchev–Trinajstić information content (AvgIpc) is 2.08. The van der Waals surface area contributed by atoms with Gasteiger partial charge in [-0.3, -0.25) is 10.3 Å². The number of alkyl halides is 3. The Kier molecular flexibility index (Phi) is 1.44. The van der Waals surface area contributed by atoms with Crippen molar-refractivity contribution in [3.63, 3.8) is 0 Å². The van der Waals surface area contributed by atoms with Crippen molar-refractivity contribution in [3.05, 3.63) is 6.67 Å². The fourth-order valence-corrected chi connectivity index (χ4v) is 0.433. The molecule has 1 aliphatic heterocycles. The molecule has 9 heavy (non-hydrogen) atoms. The van der Waals surface area contributed by atoms with Crippen molar-refractivity contribution in [2.45, 2.75) is 6.18 Å². The van der Waals surface area contributed by atoms with Crippen LogP contribution in [0.5, 0.6) is 0 Å². The van der Waals surface area contributed by atoms with Crippen molar-refractivity contribution in [1.29, 1.82) is 0 Å². The molecule has 5 heteroatoms. The van der Waals surface area contributed by atoms with Crippen LogP contribution in [0.1, 0.15) is 0 Å². The molecule has 1 heterocycles. The van der Waals surface area contributed by atoms with Gasteiger partial charge in [-0.2, -0.15) is 13.2 Å². The minimum absolute atomic E-state index is 0.260. The van der Waals surface area contributed by atoms with E-state index in [1.807, 2.05) is 6.67 Å². The molecule has 0 aromatic rings. The first-order valence-electron chi connectivity index (χ1n) is 2.22. The Morgan fingerprint density at radius 2 is 2.22 bits per heavy atom. The molecule has 2 radical (unpaired) electrons. The zero-order valence-corrected chi connectivity index (χ0v) is 4.29. The summed E-state index contributed by atoms with van der Waals surface area (Å²) < 4.78 is 34.6. The van der Waals surface area contributed by atoms with Gasteiger partial charge in [0.1, 0.15) is 5.71 Å². The largest absolute Gasteiger partial charge is 0.430 e. The maximum absolute atomic E-state index is 11.5. The number of aliphatic imine (C=N–C) groups is 1. The lowest BCUT2D eigenvalue weighted by molar-refractivity contribution is -0.0592. The van der Waals surface area contributed by atoms with E-state index < -0.39 is 11.9 Å². The third-order valence-corrected chi connectivity index (χ3v) is 0.853. The Morgan fingerprint density at radius 1 is 1.56 bits per heavy atom. The quantitative estimate of drug-likeness (QED) is 0.517. The van der Waals surface area contributed by atoms with Crippen LogP contribution >= 0.6 is 0 Å². The second kappa shape index (κ2) is 1.98. The van der Waals surface area contributed by atoms with Crippen LogP contribution in [0.3, 0.4) is 0 Å². The van der Waals surface area contributed by atoms with Gasteiger partial charge in [-0.05, 0) is 0 Å². The van der Waals surface area contributed by atoms with Gasteiger partial charge >= 0.3 is 6.18 Å². The van der Waals surface area contributed by atoms with Crippen molar-refractivity contribution >= 4 is 5.71 Å². The first kappa shape index (κ1) is 6.54. The first-order chi connectivity index (χ1) is 4.11. The van der Waals surface area contributed by atoms with Gasteiger partial charge in [0.2, 0.25) is 0 Å². The third kappa shape index (κ3) is 1.41.